The Balaban J connectivity index is 1.34. The van der Waals surface area contributed by atoms with E-state index in [0.29, 0.717) is 18.9 Å². The van der Waals surface area contributed by atoms with Crippen LogP contribution in [0, 0.1) is 5.92 Å². The number of hydrogen-bond donors (Lipinski definition) is 2. The minimum absolute atomic E-state index is 0.0945. The van der Waals surface area contributed by atoms with Crippen molar-refractivity contribution >= 4 is 22.9 Å². The molecule has 7 nitrogen and oxygen atoms in total. The summed E-state index contributed by atoms with van der Waals surface area (Å²) in [6.07, 6.45) is 1.15. The number of nitrogens with one attached hydrogen (secondary N) is 2. The Bertz CT molecular complexity index is 985. The van der Waals surface area contributed by atoms with Crippen molar-refractivity contribution in [2.24, 2.45) is 5.92 Å². The summed E-state index contributed by atoms with van der Waals surface area (Å²) in [7, 11) is 0. The number of ether oxygens (including phenoxy) is 1. The smallest absolute Gasteiger partial charge is 0.410 e. The molecule has 1 aliphatic heterocycles. The van der Waals surface area contributed by atoms with E-state index in [1.165, 1.54) is 5.06 Å². The molecule has 28 heavy (non-hydrogen) atoms. The molecule has 1 saturated heterocycles. The minimum atomic E-state index is -0.681. The van der Waals surface area contributed by atoms with Gasteiger partial charge in [-0.1, -0.05) is 37.3 Å². The van der Waals surface area contributed by atoms with E-state index in [2.05, 4.69) is 10.3 Å². The number of nitrogens with zero attached hydrogens (tertiary/aromatic N) is 1. The lowest BCUT2D eigenvalue weighted by Gasteiger charge is -2.16. The predicted octanol–water partition coefficient (Wildman–Crippen LogP) is 3.24. The Morgan fingerprint density at radius 3 is 2.86 bits per heavy atom. The number of aromatic amines is 1. The first-order chi connectivity index (χ1) is 13.6. The number of rotatable bonds is 5. The Labute approximate surface area is 162 Å². The highest BCUT2D eigenvalue weighted by Crippen LogP contribution is 2.22. The van der Waals surface area contributed by atoms with Gasteiger partial charge >= 0.3 is 6.09 Å². The molecule has 2 N–H and O–H groups in total. The summed E-state index contributed by atoms with van der Waals surface area (Å²) in [6.45, 7) is 2.60. The van der Waals surface area contributed by atoms with Crippen LogP contribution in [0.15, 0.2) is 60.8 Å². The minimum Gasteiger partial charge on any atom is -0.410 e. The van der Waals surface area contributed by atoms with E-state index < -0.39 is 12.1 Å². The van der Waals surface area contributed by atoms with E-state index >= 15 is 0 Å². The van der Waals surface area contributed by atoms with Gasteiger partial charge in [0.2, 0.25) is 0 Å². The van der Waals surface area contributed by atoms with Gasteiger partial charge in [-0.25, -0.2) is 9.86 Å². The second kappa shape index (κ2) is 7.74. The van der Waals surface area contributed by atoms with Crippen LogP contribution in [0.4, 0.5) is 4.79 Å². The third-order valence-electron chi connectivity index (χ3n) is 4.77. The van der Waals surface area contributed by atoms with E-state index in [-0.39, 0.29) is 11.8 Å². The summed E-state index contributed by atoms with van der Waals surface area (Å²) in [5, 5.41) is 4.91. The molecule has 2 amide bonds. The number of aromatic nitrogens is 1. The predicted molar refractivity (Wildman–Crippen MR) is 103 cm³/mol. The number of carbonyl (C=O) groups excluding carboxylic acids is 2. The number of H-pyrrole nitrogens is 1. The largest absolute Gasteiger partial charge is 0.413 e. The number of fused-ring (bicyclic) bond motifs is 1. The number of hydroxylamine groups is 2. The van der Waals surface area contributed by atoms with Gasteiger partial charge in [0.1, 0.15) is 18.4 Å². The van der Waals surface area contributed by atoms with Gasteiger partial charge in [-0.15, -0.1) is 0 Å². The first-order valence-electron chi connectivity index (χ1n) is 9.14. The summed E-state index contributed by atoms with van der Waals surface area (Å²) in [4.78, 5) is 33.6. The van der Waals surface area contributed by atoms with E-state index in [0.717, 1.165) is 16.5 Å². The van der Waals surface area contributed by atoms with E-state index in [9.17, 15) is 9.59 Å². The maximum absolute atomic E-state index is 12.6. The zero-order chi connectivity index (χ0) is 19.5. The van der Waals surface area contributed by atoms with Crippen molar-refractivity contribution in [2.45, 2.75) is 19.6 Å². The van der Waals surface area contributed by atoms with Crippen LogP contribution in [0.5, 0.6) is 5.75 Å². The normalized spacial score (nSPS) is 19.2. The van der Waals surface area contributed by atoms with E-state index in [4.69, 9.17) is 9.57 Å². The molecule has 0 radical (unpaired) electrons. The van der Waals surface area contributed by atoms with Crippen LogP contribution in [0.1, 0.15) is 12.5 Å². The van der Waals surface area contributed by atoms with Gasteiger partial charge < -0.3 is 15.0 Å². The molecule has 2 heterocycles. The zero-order valence-corrected chi connectivity index (χ0v) is 15.4. The summed E-state index contributed by atoms with van der Waals surface area (Å²) in [5.74, 6) is 0.0457. The lowest BCUT2D eigenvalue weighted by atomic mass is 10.1. The van der Waals surface area contributed by atoms with Crippen LogP contribution in [-0.2, 0) is 16.2 Å². The van der Waals surface area contributed by atoms with Gasteiger partial charge in [-0.2, -0.15) is 0 Å². The highest BCUT2D eigenvalue weighted by Gasteiger charge is 2.40. The Morgan fingerprint density at radius 1 is 1.21 bits per heavy atom. The van der Waals surface area contributed by atoms with Crippen molar-refractivity contribution in [1.82, 2.24) is 15.4 Å². The molecule has 0 spiro atoms. The fourth-order valence-corrected chi connectivity index (χ4v) is 3.26. The van der Waals surface area contributed by atoms with Gasteiger partial charge in [-0.05, 0) is 29.8 Å². The fraction of sp³-hybridized carbons (Fsp3) is 0.238. The molecule has 7 heteroatoms. The van der Waals surface area contributed by atoms with Gasteiger partial charge in [0, 0.05) is 23.0 Å². The molecule has 2 atom stereocenters. The average Bonchev–Trinajstić information content (AvgIpc) is 3.26. The third kappa shape index (κ3) is 3.84. The highest BCUT2D eigenvalue weighted by atomic mass is 16.7. The van der Waals surface area contributed by atoms with Crippen molar-refractivity contribution in [3.8, 4) is 5.75 Å². The first-order valence-corrected chi connectivity index (χ1v) is 9.14. The van der Waals surface area contributed by atoms with Crippen molar-refractivity contribution in [2.75, 3.05) is 6.54 Å². The Hall–Kier alpha value is -3.32. The maximum Gasteiger partial charge on any atom is 0.413 e. The van der Waals surface area contributed by atoms with Gasteiger partial charge in [0.25, 0.3) is 5.91 Å². The maximum atomic E-state index is 12.6. The van der Waals surface area contributed by atoms with Gasteiger partial charge in [0.05, 0.1) is 6.54 Å². The molecule has 2 aromatic carbocycles. The first kappa shape index (κ1) is 18.1. The van der Waals surface area contributed by atoms with Crippen molar-refractivity contribution in [3.05, 3.63) is 66.4 Å². The topological polar surface area (TPSA) is 83.7 Å². The van der Waals surface area contributed by atoms with Crippen LogP contribution in [0.3, 0.4) is 0 Å². The quantitative estimate of drug-likeness (QED) is 0.713. The second-order valence-electron chi connectivity index (χ2n) is 6.87. The second-order valence-corrected chi connectivity index (χ2v) is 6.87. The number of amides is 2. The molecular formula is C21H21N3O4. The summed E-state index contributed by atoms with van der Waals surface area (Å²) in [6, 6.07) is 16.1. The molecule has 2 unspecified atom stereocenters. The lowest BCUT2D eigenvalue weighted by Crippen LogP contribution is -2.44. The number of carbonyl (C=O) groups is 2. The summed E-state index contributed by atoms with van der Waals surface area (Å²) >= 11 is 0. The lowest BCUT2D eigenvalue weighted by molar-refractivity contribution is -0.183. The number of benzene rings is 2. The van der Waals surface area contributed by atoms with Gasteiger partial charge in [-0.3, -0.25) is 9.63 Å². The SMILES string of the molecule is CC1CN(OCc2ccccc2)C(=O)C1NC(=O)Oc1ccc2[nH]ccc2c1. The molecule has 1 aromatic heterocycles. The standard InChI is InChI=1S/C21H21N3O4/c1-14-12-24(27-13-15-5-3-2-4-6-15)20(25)19(14)23-21(26)28-17-7-8-18-16(11-17)9-10-22-18/h2-11,14,19,22H,12-13H2,1H3,(H,23,26). The molecule has 0 bridgehead atoms. The van der Waals surface area contributed by atoms with E-state index in [1.54, 1.807) is 12.1 Å². The monoisotopic (exact) mass is 379 g/mol. The zero-order valence-electron chi connectivity index (χ0n) is 15.4. The molecule has 144 valence electrons. The molecule has 1 fully saturated rings. The Morgan fingerprint density at radius 2 is 2.04 bits per heavy atom. The van der Waals surface area contributed by atoms with Crippen molar-refractivity contribution < 1.29 is 19.2 Å². The summed E-state index contributed by atoms with van der Waals surface area (Å²) < 4.78 is 5.34. The molecular weight excluding hydrogens is 358 g/mol. The molecule has 0 saturated carbocycles. The van der Waals surface area contributed by atoms with Crippen LogP contribution in [0.2, 0.25) is 0 Å². The summed E-state index contributed by atoms with van der Waals surface area (Å²) in [5.41, 5.74) is 1.93. The fourth-order valence-electron chi connectivity index (χ4n) is 3.26. The molecule has 0 aliphatic carbocycles. The van der Waals surface area contributed by atoms with Crippen LogP contribution in [-0.4, -0.2) is 34.6 Å². The van der Waals surface area contributed by atoms with Crippen LogP contribution < -0.4 is 10.1 Å². The van der Waals surface area contributed by atoms with Crippen LogP contribution in [0.25, 0.3) is 10.9 Å². The van der Waals surface area contributed by atoms with Crippen molar-refractivity contribution in [1.29, 1.82) is 0 Å². The third-order valence-corrected chi connectivity index (χ3v) is 4.77. The molecule has 3 aromatic rings. The van der Waals surface area contributed by atoms with Crippen LogP contribution >= 0.6 is 0 Å². The molecule has 4 rings (SSSR count). The van der Waals surface area contributed by atoms with Gasteiger partial charge in [0.15, 0.2) is 0 Å². The highest BCUT2D eigenvalue weighted by molar-refractivity contribution is 5.88. The number of hydrogen-bond acceptors (Lipinski definition) is 4. The Kier molecular flexibility index (Phi) is 4.99. The molecule has 1 aliphatic rings. The van der Waals surface area contributed by atoms with E-state index in [1.807, 2.05) is 55.6 Å². The average molecular weight is 379 g/mol. The van der Waals surface area contributed by atoms with Crippen molar-refractivity contribution in [3.63, 3.8) is 0 Å².